The average molecular weight is 478 g/mol. The maximum absolute atomic E-state index is 13.0. The van der Waals surface area contributed by atoms with Gasteiger partial charge in [0.2, 0.25) is 0 Å². The lowest BCUT2D eigenvalue weighted by Crippen LogP contribution is -2.31. The SMILES string of the molecule is CCCCOC(=O)NS(=O)(=O)c1sc(CC(C)C)nc1-c1ccc(Cc2ncco2)cc1. The summed E-state index contributed by atoms with van der Waals surface area (Å²) in [6.07, 6.45) is 4.79. The minimum absolute atomic E-state index is 0.000966. The first-order chi connectivity index (χ1) is 15.3. The fourth-order valence-electron chi connectivity index (χ4n) is 2.94. The Morgan fingerprint density at radius 1 is 1.25 bits per heavy atom. The maximum atomic E-state index is 13.0. The molecule has 0 saturated carbocycles. The van der Waals surface area contributed by atoms with Crippen molar-refractivity contribution in [1.29, 1.82) is 0 Å². The summed E-state index contributed by atoms with van der Waals surface area (Å²) in [5.41, 5.74) is 1.94. The zero-order valence-corrected chi connectivity index (χ0v) is 20.0. The number of hydrogen-bond acceptors (Lipinski definition) is 8. The van der Waals surface area contributed by atoms with Crippen LogP contribution in [0, 0.1) is 5.92 Å². The second kappa shape index (κ2) is 10.7. The van der Waals surface area contributed by atoms with E-state index in [-0.39, 0.29) is 10.8 Å². The van der Waals surface area contributed by atoms with Crippen LogP contribution in [0.3, 0.4) is 0 Å². The van der Waals surface area contributed by atoms with Crippen LogP contribution in [-0.4, -0.2) is 31.1 Å². The van der Waals surface area contributed by atoms with Crippen LogP contribution in [0.4, 0.5) is 4.79 Å². The van der Waals surface area contributed by atoms with E-state index in [9.17, 15) is 13.2 Å². The number of oxazole rings is 1. The van der Waals surface area contributed by atoms with E-state index < -0.39 is 16.1 Å². The van der Waals surface area contributed by atoms with Gasteiger partial charge in [-0.25, -0.2) is 27.9 Å². The Bertz CT molecular complexity index is 1120. The summed E-state index contributed by atoms with van der Waals surface area (Å²) in [4.78, 5) is 20.7. The molecule has 172 valence electrons. The highest BCUT2D eigenvalue weighted by Crippen LogP contribution is 2.33. The number of unbranched alkanes of at least 4 members (excludes halogenated alkanes) is 1. The Morgan fingerprint density at radius 3 is 2.62 bits per heavy atom. The predicted molar refractivity (Wildman–Crippen MR) is 122 cm³/mol. The quantitative estimate of drug-likeness (QED) is 0.417. The number of rotatable bonds is 10. The number of amides is 1. The number of nitrogens with zero attached hydrogens (tertiary/aromatic N) is 2. The Balaban J connectivity index is 1.87. The number of aromatic nitrogens is 2. The Labute approximate surface area is 192 Å². The molecular weight excluding hydrogens is 450 g/mol. The zero-order valence-electron chi connectivity index (χ0n) is 18.3. The Kier molecular flexibility index (Phi) is 8.03. The van der Waals surface area contributed by atoms with Gasteiger partial charge in [0, 0.05) is 18.4 Å². The fourth-order valence-corrected chi connectivity index (χ4v) is 5.61. The minimum atomic E-state index is -4.14. The number of benzene rings is 1. The van der Waals surface area contributed by atoms with Gasteiger partial charge < -0.3 is 9.15 Å². The predicted octanol–water partition coefficient (Wildman–Crippen LogP) is 4.80. The van der Waals surface area contributed by atoms with Crippen molar-refractivity contribution in [3.63, 3.8) is 0 Å². The van der Waals surface area contributed by atoms with E-state index in [4.69, 9.17) is 9.15 Å². The van der Waals surface area contributed by atoms with Crippen molar-refractivity contribution in [3.8, 4) is 11.3 Å². The number of carbonyl (C=O) groups excluding carboxylic acids is 1. The Hall–Kier alpha value is -2.72. The molecule has 3 aromatic rings. The minimum Gasteiger partial charge on any atom is -0.449 e. The molecule has 0 aliphatic heterocycles. The van der Waals surface area contributed by atoms with Gasteiger partial charge >= 0.3 is 6.09 Å². The molecule has 0 atom stereocenters. The molecule has 0 aliphatic carbocycles. The monoisotopic (exact) mass is 477 g/mol. The van der Waals surface area contributed by atoms with Crippen molar-refractivity contribution in [1.82, 2.24) is 14.7 Å². The first kappa shape index (κ1) is 23.9. The van der Waals surface area contributed by atoms with Crippen LogP contribution < -0.4 is 4.72 Å². The molecule has 10 heteroatoms. The van der Waals surface area contributed by atoms with Crippen molar-refractivity contribution in [2.45, 2.75) is 50.7 Å². The highest BCUT2D eigenvalue weighted by Gasteiger charge is 2.27. The summed E-state index contributed by atoms with van der Waals surface area (Å²) in [6, 6.07) is 7.38. The molecule has 32 heavy (non-hydrogen) atoms. The molecule has 0 radical (unpaired) electrons. The number of ether oxygens (including phenoxy) is 1. The van der Waals surface area contributed by atoms with Gasteiger partial charge in [-0.05, 0) is 17.9 Å². The molecule has 1 amide bonds. The lowest BCUT2D eigenvalue weighted by Gasteiger charge is -2.08. The summed E-state index contributed by atoms with van der Waals surface area (Å²) in [6.45, 7) is 6.19. The van der Waals surface area contributed by atoms with Gasteiger partial charge in [0.05, 0.1) is 17.8 Å². The van der Waals surface area contributed by atoms with E-state index in [1.807, 2.05) is 49.8 Å². The van der Waals surface area contributed by atoms with Crippen molar-refractivity contribution in [2.75, 3.05) is 6.61 Å². The number of carbonyl (C=O) groups is 1. The van der Waals surface area contributed by atoms with Crippen LogP contribution in [-0.2, 0) is 27.6 Å². The van der Waals surface area contributed by atoms with Crippen molar-refractivity contribution in [2.24, 2.45) is 5.92 Å². The van der Waals surface area contributed by atoms with Gasteiger partial charge in [-0.2, -0.15) is 0 Å². The van der Waals surface area contributed by atoms with E-state index in [0.29, 0.717) is 47.3 Å². The molecule has 0 unspecified atom stereocenters. The summed E-state index contributed by atoms with van der Waals surface area (Å²) in [5, 5.41) is 0.693. The molecule has 1 N–H and O–H groups in total. The van der Waals surface area contributed by atoms with Crippen LogP contribution in [0.1, 0.15) is 50.1 Å². The molecule has 0 spiro atoms. The summed E-state index contributed by atoms with van der Waals surface area (Å²) in [5.74, 6) is 0.902. The summed E-state index contributed by atoms with van der Waals surface area (Å²) in [7, 11) is -4.14. The third-order valence-corrected chi connectivity index (χ3v) is 7.38. The van der Waals surface area contributed by atoms with Crippen LogP contribution >= 0.6 is 11.3 Å². The van der Waals surface area contributed by atoms with Crippen LogP contribution in [0.15, 0.2) is 45.4 Å². The van der Waals surface area contributed by atoms with Gasteiger partial charge in [-0.3, -0.25) is 0 Å². The van der Waals surface area contributed by atoms with E-state index in [2.05, 4.69) is 9.97 Å². The third kappa shape index (κ3) is 6.39. The topological polar surface area (TPSA) is 111 Å². The molecule has 0 saturated heterocycles. The van der Waals surface area contributed by atoms with Crippen LogP contribution in [0.2, 0.25) is 0 Å². The second-order valence-electron chi connectivity index (χ2n) is 7.74. The first-order valence-corrected chi connectivity index (χ1v) is 12.8. The van der Waals surface area contributed by atoms with Crippen LogP contribution in [0.25, 0.3) is 11.3 Å². The summed E-state index contributed by atoms with van der Waals surface area (Å²) >= 11 is 1.07. The Morgan fingerprint density at radius 2 is 2.00 bits per heavy atom. The molecule has 3 rings (SSSR count). The molecule has 0 aliphatic rings. The summed E-state index contributed by atoms with van der Waals surface area (Å²) < 4.78 is 38.2. The molecule has 0 bridgehead atoms. The zero-order chi connectivity index (χ0) is 23.1. The maximum Gasteiger partial charge on any atom is 0.421 e. The average Bonchev–Trinajstić information content (AvgIpc) is 3.38. The van der Waals surface area contributed by atoms with Crippen molar-refractivity contribution < 1.29 is 22.4 Å². The number of thiazole rings is 1. The smallest absolute Gasteiger partial charge is 0.421 e. The van der Waals surface area contributed by atoms with Crippen molar-refractivity contribution >= 4 is 27.5 Å². The van der Waals surface area contributed by atoms with E-state index >= 15 is 0 Å². The molecule has 2 aromatic heterocycles. The standard InChI is InChI=1S/C22H27N3O5S2/c1-4-5-11-30-22(26)25-32(27,28)21-20(24-19(31-21)13-15(2)3)17-8-6-16(7-9-17)14-18-23-10-12-29-18/h6-10,12,15H,4-5,11,13-14H2,1-3H3,(H,25,26). The normalized spacial score (nSPS) is 11.6. The second-order valence-corrected chi connectivity index (χ2v) is 10.7. The molecule has 0 fully saturated rings. The van der Waals surface area contributed by atoms with Gasteiger partial charge in [0.15, 0.2) is 10.1 Å². The molecular formula is C22H27N3O5S2. The largest absolute Gasteiger partial charge is 0.449 e. The molecule has 8 nitrogen and oxygen atoms in total. The highest BCUT2D eigenvalue weighted by atomic mass is 32.2. The van der Waals surface area contributed by atoms with E-state index in [1.54, 1.807) is 6.20 Å². The van der Waals surface area contributed by atoms with Gasteiger partial charge in [-0.1, -0.05) is 51.5 Å². The lowest BCUT2D eigenvalue weighted by atomic mass is 10.1. The van der Waals surface area contributed by atoms with Gasteiger partial charge in [0.25, 0.3) is 10.0 Å². The lowest BCUT2D eigenvalue weighted by molar-refractivity contribution is 0.151. The fraction of sp³-hybridized carbons (Fsp3) is 0.409. The number of hydrogen-bond donors (Lipinski definition) is 1. The van der Waals surface area contributed by atoms with Crippen LogP contribution in [0.5, 0.6) is 0 Å². The van der Waals surface area contributed by atoms with Gasteiger partial charge in [-0.15, -0.1) is 11.3 Å². The third-order valence-electron chi connectivity index (χ3n) is 4.48. The van der Waals surface area contributed by atoms with Crippen molar-refractivity contribution in [3.05, 3.63) is 53.2 Å². The molecule has 1 aromatic carbocycles. The highest BCUT2D eigenvalue weighted by molar-refractivity contribution is 7.92. The molecule has 2 heterocycles. The number of nitrogens with one attached hydrogen (secondary N) is 1. The van der Waals surface area contributed by atoms with E-state index in [0.717, 1.165) is 23.3 Å². The number of sulfonamides is 1. The van der Waals surface area contributed by atoms with E-state index in [1.165, 1.54) is 6.26 Å². The first-order valence-electron chi connectivity index (χ1n) is 10.5. The van der Waals surface area contributed by atoms with Gasteiger partial charge in [0.1, 0.15) is 12.0 Å².